The predicted octanol–water partition coefficient (Wildman–Crippen LogP) is 5.52. The lowest BCUT2D eigenvalue weighted by Crippen LogP contribution is -2.13. The van der Waals surface area contributed by atoms with E-state index in [9.17, 15) is 18.0 Å². The number of pyridine rings is 2. The van der Waals surface area contributed by atoms with E-state index < -0.39 is 17.5 Å². The Labute approximate surface area is 173 Å². The number of rotatable bonds is 2. The molecule has 2 aromatic carbocycles. The molecule has 0 radical (unpaired) electrons. The molecular weight excluding hydrogens is 407 g/mol. The maximum absolute atomic E-state index is 13.2. The molecule has 0 aliphatic rings. The molecule has 0 N–H and O–H groups in total. The standard InChI is InChI=1S/C23H14F3N3O2/c1-13-5-6-15(11-27-13)14-7-8-19-18(9-14)21-20(12-28-19)31-22(30)29(21)17-4-2-3-16(10-17)23(24,25)26/h2-12H,1H3. The number of oxazole rings is 1. The fourth-order valence-corrected chi connectivity index (χ4v) is 3.57. The molecule has 31 heavy (non-hydrogen) atoms. The summed E-state index contributed by atoms with van der Waals surface area (Å²) in [6, 6.07) is 13.9. The zero-order chi connectivity index (χ0) is 21.8. The van der Waals surface area contributed by atoms with Gasteiger partial charge < -0.3 is 4.42 Å². The summed E-state index contributed by atoms with van der Waals surface area (Å²) in [5.74, 6) is -0.786. The fraction of sp³-hybridized carbons (Fsp3) is 0.0870. The van der Waals surface area contributed by atoms with Crippen molar-refractivity contribution in [3.05, 3.63) is 88.8 Å². The van der Waals surface area contributed by atoms with Gasteiger partial charge in [-0.25, -0.2) is 9.36 Å². The van der Waals surface area contributed by atoms with Crippen LogP contribution in [0.3, 0.4) is 0 Å². The molecule has 0 unspecified atom stereocenters. The van der Waals surface area contributed by atoms with E-state index in [2.05, 4.69) is 9.97 Å². The van der Waals surface area contributed by atoms with Gasteiger partial charge in [-0.2, -0.15) is 13.2 Å². The Morgan fingerprint density at radius 1 is 0.935 bits per heavy atom. The van der Waals surface area contributed by atoms with Gasteiger partial charge in [0.05, 0.1) is 23.0 Å². The zero-order valence-electron chi connectivity index (χ0n) is 16.1. The lowest BCUT2D eigenvalue weighted by atomic mass is 10.0. The van der Waals surface area contributed by atoms with Crippen molar-refractivity contribution in [1.82, 2.24) is 14.5 Å². The molecular formula is C23H14F3N3O2. The molecule has 3 heterocycles. The van der Waals surface area contributed by atoms with Gasteiger partial charge in [0.1, 0.15) is 5.52 Å². The SMILES string of the molecule is Cc1ccc(-c2ccc3ncc4oc(=O)n(-c5cccc(C(F)(F)F)c5)c4c3c2)cn1. The highest BCUT2D eigenvalue weighted by atomic mass is 19.4. The molecule has 5 rings (SSSR count). The van der Waals surface area contributed by atoms with Crippen molar-refractivity contribution in [3.8, 4) is 16.8 Å². The minimum absolute atomic E-state index is 0.0634. The topological polar surface area (TPSA) is 60.9 Å². The quantitative estimate of drug-likeness (QED) is 0.377. The summed E-state index contributed by atoms with van der Waals surface area (Å²) < 4.78 is 46.1. The van der Waals surface area contributed by atoms with Crippen LogP contribution in [0.1, 0.15) is 11.3 Å². The third kappa shape index (κ3) is 3.26. The first kappa shape index (κ1) is 19.0. The number of alkyl halides is 3. The van der Waals surface area contributed by atoms with Crippen LogP contribution in [0.4, 0.5) is 13.2 Å². The Morgan fingerprint density at radius 3 is 2.48 bits per heavy atom. The predicted molar refractivity (Wildman–Crippen MR) is 110 cm³/mol. The van der Waals surface area contributed by atoms with E-state index in [1.54, 1.807) is 12.3 Å². The number of fused-ring (bicyclic) bond motifs is 3. The zero-order valence-corrected chi connectivity index (χ0v) is 16.1. The molecule has 0 saturated heterocycles. The number of hydrogen-bond donors (Lipinski definition) is 0. The number of aromatic nitrogens is 3. The molecule has 0 aliphatic heterocycles. The van der Waals surface area contributed by atoms with Gasteiger partial charge in [-0.3, -0.25) is 9.97 Å². The number of hydrogen-bond acceptors (Lipinski definition) is 4. The van der Waals surface area contributed by atoms with Crippen molar-refractivity contribution >= 4 is 22.0 Å². The second-order valence-corrected chi connectivity index (χ2v) is 7.14. The number of halogens is 3. The largest absolute Gasteiger partial charge is 0.424 e. The maximum Gasteiger partial charge on any atom is 0.424 e. The normalized spacial score (nSPS) is 12.0. The summed E-state index contributed by atoms with van der Waals surface area (Å²) in [4.78, 5) is 21.2. The van der Waals surface area contributed by atoms with Crippen LogP contribution in [0.15, 0.2) is 76.2 Å². The second kappa shape index (κ2) is 6.80. The van der Waals surface area contributed by atoms with Crippen LogP contribution in [-0.4, -0.2) is 14.5 Å². The summed E-state index contributed by atoms with van der Waals surface area (Å²) in [5, 5.41) is 0.582. The summed E-state index contributed by atoms with van der Waals surface area (Å²) in [7, 11) is 0. The molecule has 0 amide bonds. The summed E-state index contributed by atoms with van der Waals surface area (Å²) in [5.41, 5.74) is 2.91. The van der Waals surface area contributed by atoms with Crippen LogP contribution in [-0.2, 0) is 6.18 Å². The Morgan fingerprint density at radius 2 is 1.74 bits per heavy atom. The number of benzene rings is 2. The van der Waals surface area contributed by atoms with Gasteiger partial charge >= 0.3 is 11.9 Å². The summed E-state index contributed by atoms with van der Waals surface area (Å²) in [6.45, 7) is 1.89. The van der Waals surface area contributed by atoms with Crippen LogP contribution >= 0.6 is 0 Å². The summed E-state index contributed by atoms with van der Waals surface area (Å²) >= 11 is 0. The molecule has 5 nitrogen and oxygen atoms in total. The van der Waals surface area contributed by atoms with Gasteiger partial charge in [-0.15, -0.1) is 0 Å². The minimum atomic E-state index is -4.53. The lowest BCUT2D eigenvalue weighted by molar-refractivity contribution is -0.137. The first-order chi connectivity index (χ1) is 14.8. The van der Waals surface area contributed by atoms with Crippen molar-refractivity contribution in [2.24, 2.45) is 0 Å². The van der Waals surface area contributed by atoms with E-state index in [0.717, 1.165) is 33.5 Å². The minimum Gasteiger partial charge on any atom is -0.406 e. The van der Waals surface area contributed by atoms with E-state index in [4.69, 9.17) is 4.42 Å². The third-order valence-electron chi connectivity index (χ3n) is 5.09. The molecule has 0 bridgehead atoms. The van der Waals surface area contributed by atoms with E-state index in [0.29, 0.717) is 16.4 Å². The second-order valence-electron chi connectivity index (χ2n) is 7.14. The molecule has 0 spiro atoms. The van der Waals surface area contributed by atoms with Crippen molar-refractivity contribution in [2.75, 3.05) is 0 Å². The van der Waals surface area contributed by atoms with E-state index >= 15 is 0 Å². The van der Waals surface area contributed by atoms with Gasteiger partial charge in [0.2, 0.25) is 0 Å². The van der Waals surface area contributed by atoms with Gasteiger partial charge in [0.15, 0.2) is 5.58 Å². The van der Waals surface area contributed by atoms with Crippen molar-refractivity contribution in [3.63, 3.8) is 0 Å². The van der Waals surface area contributed by atoms with Crippen molar-refractivity contribution in [2.45, 2.75) is 13.1 Å². The highest BCUT2D eigenvalue weighted by molar-refractivity contribution is 6.03. The van der Waals surface area contributed by atoms with E-state index in [-0.39, 0.29) is 11.3 Å². The van der Waals surface area contributed by atoms with E-state index in [1.807, 2.05) is 31.2 Å². The molecule has 0 atom stereocenters. The molecule has 3 aromatic heterocycles. The molecule has 0 saturated carbocycles. The average molecular weight is 421 g/mol. The van der Waals surface area contributed by atoms with Crippen LogP contribution in [0.2, 0.25) is 0 Å². The van der Waals surface area contributed by atoms with Gasteiger partial charge in [-0.1, -0.05) is 18.2 Å². The lowest BCUT2D eigenvalue weighted by Gasteiger charge is -2.10. The van der Waals surface area contributed by atoms with Crippen LogP contribution in [0.25, 0.3) is 38.8 Å². The molecule has 0 fully saturated rings. The Bertz CT molecular complexity index is 1500. The Balaban J connectivity index is 1.80. The van der Waals surface area contributed by atoms with Gasteiger partial charge in [0, 0.05) is 22.8 Å². The number of nitrogens with zero attached hydrogens (tertiary/aromatic N) is 3. The first-order valence-corrected chi connectivity index (χ1v) is 9.36. The summed E-state index contributed by atoms with van der Waals surface area (Å²) in [6.07, 6.45) is -1.40. The fourth-order valence-electron chi connectivity index (χ4n) is 3.57. The Kier molecular flexibility index (Phi) is 4.18. The van der Waals surface area contributed by atoms with Crippen molar-refractivity contribution in [1.29, 1.82) is 0 Å². The molecule has 154 valence electrons. The Hall–Kier alpha value is -3.94. The van der Waals surface area contributed by atoms with Crippen LogP contribution < -0.4 is 5.76 Å². The van der Waals surface area contributed by atoms with E-state index in [1.165, 1.54) is 18.3 Å². The molecule has 0 aliphatic carbocycles. The highest BCUT2D eigenvalue weighted by Crippen LogP contribution is 2.33. The molecule has 5 aromatic rings. The smallest absolute Gasteiger partial charge is 0.406 e. The monoisotopic (exact) mass is 421 g/mol. The van der Waals surface area contributed by atoms with Crippen LogP contribution in [0.5, 0.6) is 0 Å². The highest BCUT2D eigenvalue weighted by Gasteiger charge is 2.31. The van der Waals surface area contributed by atoms with Crippen molar-refractivity contribution < 1.29 is 17.6 Å². The molecule has 8 heteroatoms. The van der Waals surface area contributed by atoms with Crippen LogP contribution in [0, 0.1) is 6.92 Å². The first-order valence-electron chi connectivity index (χ1n) is 9.36. The van der Waals surface area contributed by atoms with Gasteiger partial charge in [0.25, 0.3) is 0 Å². The number of aryl methyl sites for hydroxylation is 1. The average Bonchev–Trinajstić information content (AvgIpc) is 3.10. The van der Waals surface area contributed by atoms with Gasteiger partial charge in [-0.05, 0) is 48.9 Å². The third-order valence-corrected chi connectivity index (χ3v) is 5.09. The maximum atomic E-state index is 13.2.